The van der Waals surface area contributed by atoms with Crippen LogP contribution < -0.4 is 0 Å². The zero-order valence-corrected chi connectivity index (χ0v) is 14.4. The number of halogens is 1. The standard InChI is InChI=1S/C12H19BrN2O2S2/c1-3-10(2)14-5-7-15(8-6-14)19(16,17)12-11(13)4-9-18-12/h4,9-10H,3,5-8H2,1-2H3. The molecule has 1 fully saturated rings. The van der Waals surface area contributed by atoms with E-state index in [4.69, 9.17) is 0 Å². The highest BCUT2D eigenvalue weighted by Gasteiger charge is 2.31. The summed E-state index contributed by atoms with van der Waals surface area (Å²) in [7, 11) is -3.33. The summed E-state index contributed by atoms with van der Waals surface area (Å²) in [6.45, 7) is 7.15. The molecule has 4 nitrogen and oxygen atoms in total. The molecule has 1 aromatic heterocycles. The molecule has 7 heteroatoms. The quantitative estimate of drug-likeness (QED) is 0.822. The molecule has 0 aromatic carbocycles. The second-order valence-corrected chi connectivity index (χ2v) is 8.66. The van der Waals surface area contributed by atoms with Gasteiger partial charge in [0.1, 0.15) is 4.21 Å². The van der Waals surface area contributed by atoms with E-state index in [2.05, 4.69) is 34.7 Å². The summed E-state index contributed by atoms with van der Waals surface area (Å²) in [6.07, 6.45) is 1.10. The lowest BCUT2D eigenvalue weighted by Crippen LogP contribution is -2.51. The fourth-order valence-electron chi connectivity index (χ4n) is 2.22. The fraction of sp³-hybridized carbons (Fsp3) is 0.667. The van der Waals surface area contributed by atoms with Crippen LogP contribution in [-0.4, -0.2) is 49.8 Å². The molecule has 1 aromatic rings. The smallest absolute Gasteiger partial charge is 0.253 e. The van der Waals surface area contributed by atoms with Crippen LogP contribution in [0.5, 0.6) is 0 Å². The number of hydrogen-bond donors (Lipinski definition) is 0. The Bertz CT molecular complexity index is 522. The summed E-state index contributed by atoms with van der Waals surface area (Å²) in [5.41, 5.74) is 0. The summed E-state index contributed by atoms with van der Waals surface area (Å²) in [4.78, 5) is 2.36. The van der Waals surface area contributed by atoms with E-state index < -0.39 is 10.0 Å². The van der Waals surface area contributed by atoms with Gasteiger partial charge in [-0.3, -0.25) is 4.90 Å². The van der Waals surface area contributed by atoms with Crippen molar-refractivity contribution in [2.45, 2.75) is 30.5 Å². The number of sulfonamides is 1. The van der Waals surface area contributed by atoms with Crippen molar-refractivity contribution in [3.05, 3.63) is 15.9 Å². The summed E-state index contributed by atoms with van der Waals surface area (Å²) >= 11 is 4.58. The molecule has 0 N–H and O–H groups in total. The van der Waals surface area contributed by atoms with Gasteiger partial charge in [0.15, 0.2) is 0 Å². The summed E-state index contributed by atoms with van der Waals surface area (Å²) in [5, 5.41) is 1.80. The third kappa shape index (κ3) is 3.21. The molecule has 19 heavy (non-hydrogen) atoms. The number of nitrogens with zero attached hydrogens (tertiary/aromatic N) is 2. The Hall–Kier alpha value is 0.0500. The van der Waals surface area contributed by atoms with Gasteiger partial charge in [0.25, 0.3) is 10.0 Å². The molecule has 2 heterocycles. The molecule has 0 spiro atoms. The summed E-state index contributed by atoms with van der Waals surface area (Å²) in [5.74, 6) is 0. The van der Waals surface area contributed by atoms with Crippen LogP contribution in [0.25, 0.3) is 0 Å². The molecular formula is C12H19BrN2O2S2. The predicted molar refractivity (Wildman–Crippen MR) is 82.1 cm³/mol. The Morgan fingerprint density at radius 3 is 2.47 bits per heavy atom. The monoisotopic (exact) mass is 366 g/mol. The molecule has 0 radical (unpaired) electrons. The first kappa shape index (κ1) is 15.4. The molecule has 1 unspecified atom stereocenters. The van der Waals surface area contributed by atoms with Gasteiger partial charge in [-0.1, -0.05) is 6.92 Å². The Labute approximate surface area is 127 Å². The van der Waals surface area contributed by atoms with Gasteiger partial charge in [0.2, 0.25) is 0 Å². The first-order valence-corrected chi connectivity index (χ1v) is 9.55. The van der Waals surface area contributed by atoms with E-state index in [0.717, 1.165) is 19.5 Å². The second kappa shape index (κ2) is 6.22. The second-order valence-electron chi connectivity index (χ2n) is 4.75. The molecule has 1 aliphatic rings. The van der Waals surface area contributed by atoms with Crippen molar-refractivity contribution in [3.63, 3.8) is 0 Å². The number of rotatable bonds is 4. The minimum Gasteiger partial charge on any atom is -0.298 e. The van der Waals surface area contributed by atoms with Gasteiger partial charge in [-0.15, -0.1) is 11.3 Å². The maximum atomic E-state index is 12.5. The van der Waals surface area contributed by atoms with Gasteiger partial charge in [0, 0.05) is 36.7 Å². The van der Waals surface area contributed by atoms with Gasteiger partial charge < -0.3 is 0 Å². The van der Waals surface area contributed by atoms with E-state index >= 15 is 0 Å². The number of hydrogen-bond acceptors (Lipinski definition) is 4. The van der Waals surface area contributed by atoms with E-state index in [1.54, 1.807) is 15.8 Å². The highest BCUT2D eigenvalue weighted by molar-refractivity contribution is 9.10. The van der Waals surface area contributed by atoms with E-state index in [0.29, 0.717) is 27.8 Å². The molecule has 108 valence electrons. The molecule has 0 aliphatic carbocycles. The zero-order chi connectivity index (χ0) is 14.0. The first-order chi connectivity index (χ1) is 8.96. The summed E-state index contributed by atoms with van der Waals surface area (Å²) in [6, 6.07) is 2.31. The number of piperazine rings is 1. The van der Waals surface area contributed by atoms with E-state index in [9.17, 15) is 8.42 Å². The lowest BCUT2D eigenvalue weighted by atomic mass is 10.2. The van der Waals surface area contributed by atoms with Gasteiger partial charge in [-0.25, -0.2) is 8.42 Å². The van der Waals surface area contributed by atoms with Crippen molar-refractivity contribution >= 4 is 37.3 Å². The molecular weight excluding hydrogens is 348 g/mol. The largest absolute Gasteiger partial charge is 0.298 e. The van der Waals surface area contributed by atoms with Crippen molar-refractivity contribution in [2.24, 2.45) is 0 Å². The maximum absolute atomic E-state index is 12.5. The Balaban J connectivity index is 2.08. The lowest BCUT2D eigenvalue weighted by molar-refractivity contribution is 0.143. The van der Waals surface area contributed by atoms with Crippen LogP contribution >= 0.6 is 27.3 Å². The topological polar surface area (TPSA) is 40.6 Å². The van der Waals surface area contributed by atoms with Crippen molar-refractivity contribution in [1.29, 1.82) is 0 Å². The highest BCUT2D eigenvalue weighted by atomic mass is 79.9. The van der Waals surface area contributed by atoms with E-state index in [1.165, 1.54) is 11.3 Å². The third-order valence-electron chi connectivity index (χ3n) is 3.65. The van der Waals surface area contributed by atoms with Crippen molar-refractivity contribution in [3.8, 4) is 0 Å². The maximum Gasteiger partial charge on any atom is 0.253 e. The first-order valence-electron chi connectivity index (χ1n) is 6.44. The van der Waals surface area contributed by atoms with Crippen LogP contribution in [0.3, 0.4) is 0 Å². The third-order valence-corrected chi connectivity index (χ3v) is 8.19. The van der Waals surface area contributed by atoms with Crippen LogP contribution in [0.2, 0.25) is 0 Å². The fourth-order valence-corrected chi connectivity index (χ4v) is 6.10. The van der Waals surface area contributed by atoms with Crippen molar-refractivity contribution in [2.75, 3.05) is 26.2 Å². The van der Waals surface area contributed by atoms with Crippen molar-refractivity contribution < 1.29 is 8.42 Å². The van der Waals surface area contributed by atoms with Gasteiger partial charge in [-0.05, 0) is 40.7 Å². The van der Waals surface area contributed by atoms with Crippen LogP contribution in [0.15, 0.2) is 20.1 Å². The summed E-state index contributed by atoms with van der Waals surface area (Å²) < 4.78 is 27.7. The number of thiophene rings is 1. The molecule has 1 saturated heterocycles. The SMILES string of the molecule is CCC(C)N1CCN(S(=O)(=O)c2sccc2Br)CC1. The van der Waals surface area contributed by atoms with Gasteiger partial charge >= 0.3 is 0 Å². The molecule has 0 bridgehead atoms. The normalized spacial score (nSPS) is 20.6. The average molecular weight is 367 g/mol. The van der Waals surface area contributed by atoms with Crippen LogP contribution in [0.4, 0.5) is 0 Å². The molecule has 1 atom stereocenters. The van der Waals surface area contributed by atoms with Gasteiger partial charge in [-0.2, -0.15) is 4.31 Å². The molecule has 0 saturated carbocycles. The van der Waals surface area contributed by atoms with E-state index in [-0.39, 0.29) is 0 Å². The Kier molecular flexibility index (Phi) is 5.05. The molecule has 2 rings (SSSR count). The van der Waals surface area contributed by atoms with Crippen LogP contribution in [0.1, 0.15) is 20.3 Å². The van der Waals surface area contributed by atoms with E-state index in [1.807, 2.05) is 0 Å². The van der Waals surface area contributed by atoms with Gasteiger partial charge in [0.05, 0.1) is 0 Å². The van der Waals surface area contributed by atoms with Crippen LogP contribution in [0, 0.1) is 0 Å². The van der Waals surface area contributed by atoms with Crippen LogP contribution in [-0.2, 0) is 10.0 Å². The highest BCUT2D eigenvalue weighted by Crippen LogP contribution is 2.30. The Morgan fingerprint density at radius 1 is 1.37 bits per heavy atom. The Morgan fingerprint density at radius 2 is 2.00 bits per heavy atom. The average Bonchev–Trinajstić information content (AvgIpc) is 2.85. The van der Waals surface area contributed by atoms with Crippen molar-refractivity contribution in [1.82, 2.24) is 9.21 Å². The minimum absolute atomic E-state index is 0.421. The predicted octanol–water partition coefficient (Wildman–Crippen LogP) is 2.62. The lowest BCUT2D eigenvalue weighted by Gasteiger charge is -2.36. The molecule has 1 aliphatic heterocycles. The minimum atomic E-state index is -3.33. The zero-order valence-electron chi connectivity index (χ0n) is 11.2. The molecule has 0 amide bonds.